The predicted octanol–water partition coefficient (Wildman–Crippen LogP) is -1.74. The van der Waals surface area contributed by atoms with Crippen LogP contribution in [0.25, 0.3) is 22.3 Å². The quantitative estimate of drug-likeness (QED) is 0.131. The lowest BCUT2D eigenvalue weighted by molar-refractivity contribution is -0.701. The summed E-state index contributed by atoms with van der Waals surface area (Å²) in [5.41, 5.74) is 4.88. The highest BCUT2D eigenvalue weighted by molar-refractivity contribution is 5.61. The van der Waals surface area contributed by atoms with Gasteiger partial charge in [0.05, 0.1) is 0 Å². The van der Waals surface area contributed by atoms with E-state index in [4.69, 9.17) is 0 Å². The highest BCUT2D eigenvalue weighted by Gasteiger charge is 2.05. The Balaban J connectivity index is 0.00000171. The molecule has 4 rings (SSSR count). The molecule has 0 aliphatic carbocycles. The third kappa shape index (κ3) is 7.60. The van der Waals surface area contributed by atoms with Gasteiger partial charge in [-0.15, -0.1) is 0 Å². The third-order valence-corrected chi connectivity index (χ3v) is 5.14. The molecule has 0 aliphatic rings. The van der Waals surface area contributed by atoms with Crippen molar-refractivity contribution in [1.82, 2.24) is 9.97 Å². The van der Waals surface area contributed by atoms with Crippen LogP contribution >= 0.6 is 0 Å². The van der Waals surface area contributed by atoms with Crippen LogP contribution in [0.1, 0.15) is 19.3 Å². The zero-order chi connectivity index (χ0) is 19.7. The highest BCUT2D eigenvalue weighted by Crippen LogP contribution is 2.16. The summed E-state index contributed by atoms with van der Waals surface area (Å²) in [6, 6.07) is 16.9. The average molecular weight is 636 g/mol. The van der Waals surface area contributed by atoms with Crippen molar-refractivity contribution in [3.63, 3.8) is 0 Å². The molecule has 31 heavy (non-hydrogen) atoms. The molecule has 160 valence electrons. The van der Waals surface area contributed by atoms with Gasteiger partial charge in [-0.2, -0.15) is 0 Å². The molecule has 0 aliphatic heterocycles. The Bertz CT molecular complexity index is 924. The molecule has 4 aromatic rings. The van der Waals surface area contributed by atoms with Crippen LogP contribution in [0.15, 0.2) is 98.1 Å². The number of hydrogen-bond acceptors (Lipinski definition) is 2. The topological polar surface area (TPSA) is 33.5 Å². The first-order valence-corrected chi connectivity index (χ1v) is 10.2. The maximum Gasteiger partial charge on any atom is 0.169 e. The van der Waals surface area contributed by atoms with E-state index in [0.717, 1.165) is 13.1 Å². The molecule has 0 saturated heterocycles. The molecular weight excluding hydrogens is 610 g/mol. The molecule has 0 fully saturated rings. The molecule has 4 nitrogen and oxygen atoms in total. The van der Waals surface area contributed by atoms with Gasteiger partial charge in [-0.05, 0) is 52.9 Å². The molecule has 0 radical (unpaired) electrons. The van der Waals surface area contributed by atoms with E-state index in [9.17, 15) is 0 Å². The van der Waals surface area contributed by atoms with Crippen LogP contribution in [-0.2, 0) is 13.1 Å². The molecule has 0 unspecified atom stereocenters. The zero-order valence-electron chi connectivity index (χ0n) is 17.3. The van der Waals surface area contributed by atoms with Gasteiger partial charge in [0, 0.05) is 61.9 Å². The second kappa shape index (κ2) is 13.5. The van der Waals surface area contributed by atoms with Crippen LogP contribution in [-0.4, -0.2) is 9.97 Å². The van der Waals surface area contributed by atoms with E-state index >= 15 is 0 Å². The van der Waals surface area contributed by atoms with Crippen molar-refractivity contribution in [2.24, 2.45) is 0 Å². The fourth-order valence-electron chi connectivity index (χ4n) is 3.45. The first-order valence-electron chi connectivity index (χ1n) is 10.2. The molecule has 0 N–H and O–H groups in total. The zero-order valence-corrected chi connectivity index (χ0v) is 21.6. The number of nitrogens with zero attached hydrogens (tertiary/aromatic N) is 4. The summed E-state index contributed by atoms with van der Waals surface area (Å²) in [6.45, 7) is 2.12. The van der Waals surface area contributed by atoms with Crippen molar-refractivity contribution in [3.8, 4) is 22.3 Å². The molecule has 0 atom stereocenters. The fraction of sp³-hybridized carbons (Fsp3) is 0.200. The van der Waals surface area contributed by atoms with Crippen LogP contribution < -0.4 is 57.1 Å². The number of aromatic nitrogens is 4. The lowest BCUT2D eigenvalue weighted by atomic mass is 10.1. The molecule has 0 bridgehead atoms. The van der Waals surface area contributed by atoms with E-state index in [-0.39, 0.29) is 48.0 Å². The average Bonchev–Trinajstić information content (AvgIpc) is 2.81. The van der Waals surface area contributed by atoms with Gasteiger partial charge in [0.2, 0.25) is 0 Å². The van der Waals surface area contributed by atoms with E-state index in [1.54, 1.807) is 0 Å². The number of unbranched alkanes of at least 4 members (excludes halogenated alkanes) is 2. The SMILES string of the molecule is [I-].[I-].c1cc(-c2cc[n+](CCCCC[n+]3ccc(-c4ccncc4)cc3)cc2)ccn1. The van der Waals surface area contributed by atoms with Crippen LogP contribution in [0, 0.1) is 0 Å². The number of hydrogen-bond donors (Lipinski definition) is 0. The molecule has 6 heteroatoms. The normalized spacial score (nSPS) is 10.1. The van der Waals surface area contributed by atoms with Crippen molar-refractivity contribution in [2.75, 3.05) is 0 Å². The first kappa shape index (κ1) is 25.3. The highest BCUT2D eigenvalue weighted by atomic mass is 127. The van der Waals surface area contributed by atoms with E-state index in [0.29, 0.717) is 0 Å². The lowest BCUT2D eigenvalue weighted by Crippen LogP contribution is -3.00. The monoisotopic (exact) mass is 636 g/mol. The van der Waals surface area contributed by atoms with Crippen molar-refractivity contribution in [3.05, 3.63) is 98.1 Å². The fourth-order valence-corrected chi connectivity index (χ4v) is 3.45. The second-order valence-corrected chi connectivity index (χ2v) is 7.18. The summed E-state index contributed by atoms with van der Waals surface area (Å²) in [6.07, 6.45) is 19.6. The Kier molecular flexibility index (Phi) is 11.0. The molecule has 0 spiro atoms. The minimum Gasteiger partial charge on any atom is -1.00 e. The van der Waals surface area contributed by atoms with E-state index in [1.807, 2.05) is 49.1 Å². The van der Waals surface area contributed by atoms with Gasteiger partial charge in [0.25, 0.3) is 0 Å². The van der Waals surface area contributed by atoms with Gasteiger partial charge >= 0.3 is 0 Å². The maximum absolute atomic E-state index is 4.08. The summed E-state index contributed by atoms with van der Waals surface area (Å²) in [5, 5.41) is 0. The largest absolute Gasteiger partial charge is 1.00 e. The summed E-state index contributed by atoms with van der Waals surface area (Å²) in [4.78, 5) is 8.15. The minimum absolute atomic E-state index is 0. The summed E-state index contributed by atoms with van der Waals surface area (Å²) >= 11 is 0. The van der Waals surface area contributed by atoms with Crippen LogP contribution in [0.4, 0.5) is 0 Å². The van der Waals surface area contributed by atoms with Crippen molar-refractivity contribution >= 4 is 0 Å². The molecule has 0 amide bonds. The summed E-state index contributed by atoms with van der Waals surface area (Å²) in [5.74, 6) is 0. The van der Waals surface area contributed by atoms with Crippen molar-refractivity contribution < 1.29 is 57.1 Å². The smallest absolute Gasteiger partial charge is 0.169 e. The maximum atomic E-state index is 4.08. The Morgan fingerprint density at radius 1 is 0.452 bits per heavy atom. The van der Waals surface area contributed by atoms with Crippen molar-refractivity contribution in [1.29, 1.82) is 0 Å². The molecule has 4 aromatic heterocycles. The van der Waals surface area contributed by atoms with Gasteiger partial charge < -0.3 is 48.0 Å². The van der Waals surface area contributed by atoms with Gasteiger partial charge in [-0.3, -0.25) is 9.97 Å². The van der Waals surface area contributed by atoms with E-state index in [1.165, 1.54) is 41.5 Å². The number of halogens is 2. The van der Waals surface area contributed by atoms with E-state index in [2.05, 4.69) is 68.2 Å². The third-order valence-electron chi connectivity index (χ3n) is 5.14. The second-order valence-electron chi connectivity index (χ2n) is 7.18. The first-order chi connectivity index (χ1) is 14.4. The van der Waals surface area contributed by atoms with Crippen LogP contribution in [0.2, 0.25) is 0 Å². The van der Waals surface area contributed by atoms with Crippen LogP contribution in [0.3, 0.4) is 0 Å². The number of aryl methyl sites for hydroxylation is 2. The summed E-state index contributed by atoms with van der Waals surface area (Å²) in [7, 11) is 0. The Labute approximate surface area is 218 Å². The van der Waals surface area contributed by atoms with Crippen molar-refractivity contribution in [2.45, 2.75) is 32.4 Å². The molecule has 0 saturated carbocycles. The molecule has 0 aromatic carbocycles. The minimum atomic E-state index is 0. The van der Waals surface area contributed by atoms with E-state index < -0.39 is 0 Å². The van der Waals surface area contributed by atoms with Gasteiger partial charge in [0.1, 0.15) is 13.1 Å². The number of pyridine rings is 4. The predicted molar refractivity (Wildman–Crippen MR) is 114 cm³/mol. The summed E-state index contributed by atoms with van der Waals surface area (Å²) < 4.78 is 4.53. The van der Waals surface area contributed by atoms with Gasteiger partial charge in [-0.1, -0.05) is 0 Å². The Morgan fingerprint density at radius 2 is 0.774 bits per heavy atom. The Hall–Kier alpha value is -1.94. The Morgan fingerprint density at radius 3 is 1.13 bits per heavy atom. The molecule has 4 heterocycles. The van der Waals surface area contributed by atoms with Gasteiger partial charge in [0.15, 0.2) is 24.8 Å². The lowest BCUT2D eigenvalue weighted by Gasteiger charge is -2.02. The molecular formula is C25H26I2N4. The van der Waals surface area contributed by atoms with Gasteiger partial charge in [-0.25, -0.2) is 9.13 Å². The number of rotatable bonds is 8. The standard InChI is InChI=1S/C25H26N4.2HI/c1(2-16-28-18-8-24(9-19-28)22-4-12-26-13-5-22)3-17-29-20-10-25(11-21-29)23-6-14-27-15-7-23;;/h4-15,18-21H,1-3,16-17H2;2*1H/q+2;;/p-2. The van der Waals surface area contributed by atoms with Crippen LogP contribution in [0.5, 0.6) is 0 Å².